The molecule has 1 aromatic heterocycles. The van der Waals surface area contributed by atoms with E-state index in [9.17, 15) is 35.5 Å². The Kier molecular flexibility index (Phi) is 14.9. The van der Waals surface area contributed by atoms with Crippen LogP contribution in [0.2, 0.25) is 0 Å². The van der Waals surface area contributed by atoms with Crippen molar-refractivity contribution in [3.05, 3.63) is 153 Å². The number of methoxy groups -OCH3 is 2. The first-order chi connectivity index (χ1) is 30.7. The number of benzene rings is 4. The zero-order valence-corrected chi connectivity index (χ0v) is 38.4. The van der Waals surface area contributed by atoms with Gasteiger partial charge in [0.15, 0.2) is 6.54 Å². The highest BCUT2D eigenvalue weighted by Crippen LogP contribution is 2.48. The lowest BCUT2D eigenvalue weighted by Crippen LogP contribution is -2.35. The highest BCUT2D eigenvalue weighted by molar-refractivity contribution is 8.03. The second-order valence-electron chi connectivity index (χ2n) is 15.0. The first-order valence-electron chi connectivity index (χ1n) is 20.6. The van der Waals surface area contributed by atoms with Crippen LogP contribution in [-0.2, 0) is 36.3 Å². The number of ether oxygens (including phenoxy) is 2. The van der Waals surface area contributed by atoms with Crippen molar-refractivity contribution in [2.45, 2.75) is 50.0 Å². The van der Waals surface area contributed by atoms with E-state index in [1.807, 2.05) is 70.1 Å². The van der Waals surface area contributed by atoms with Gasteiger partial charge in [-0.3, -0.25) is 0 Å². The summed E-state index contributed by atoms with van der Waals surface area (Å²) in [4.78, 5) is 30.3. The summed E-state index contributed by atoms with van der Waals surface area (Å²) >= 11 is 3.07. The number of carbonyl (C=O) groups excluding carboxylic acids is 2. The number of allylic oxidation sites excluding steroid dienone is 5. The van der Waals surface area contributed by atoms with Crippen LogP contribution in [0.5, 0.6) is 0 Å². The molecule has 4 aromatic carbocycles. The van der Waals surface area contributed by atoms with E-state index in [-0.39, 0.29) is 12.8 Å². The number of rotatable bonds is 18. The summed E-state index contributed by atoms with van der Waals surface area (Å²) in [5.74, 6) is -1.88. The fraction of sp³-hybridized carbons (Fsp3) is 0.255. The van der Waals surface area contributed by atoms with Crippen molar-refractivity contribution in [1.82, 2.24) is 0 Å². The largest absolute Gasteiger partial charge is 0.748 e. The first-order valence-corrected chi connectivity index (χ1v) is 25.3. The third-order valence-corrected chi connectivity index (χ3v) is 14.6. The number of hydrogen-bond donors (Lipinski definition) is 0. The molecule has 0 bridgehead atoms. The van der Waals surface area contributed by atoms with Gasteiger partial charge >= 0.3 is 11.9 Å². The predicted molar refractivity (Wildman–Crippen MR) is 248 cm³/mol. The third-order valence-electron chi connectivity index (χ3n) is 10.7. The van der Waals surface area contributed by atoms with Crippen LogP contribution in [0, 0.1) is 0 Å². The van der Waals surface area contributed by atoms with Crippen LogP contribution in [0.25, 0.3) is 16.3 Å². The maximum atomic E-state index is 12.5. The number of esters is 2. The van der Waals surface area contributed by atoms with E-state index in [1.54, 1.807) is 24.3 Å². The van der Waals surface area contributed by atoms with Crippen molar-refractivity contribution in [3.8, 4) is 0 Å². The molecular formula is C47H46N3O10S4-. The number of thioether (sulfide) groups is 1. The van der Waals surface area contributed by atoms with Crippen molar-refractivity contribution in [2.24, 2.45) is 0 Å². The summed E-state index contributed by atoms with van der Waals surface area (Å²) in [6.45, 7) is 0.823. The van der Waals surface area contributed by atoms with E-state index < -0.39 is 43.7 Å². The highest BCUT2D eigenvalue weighted by atomic mass is 32.2. The topological polar surface area (TPSA) is 177 Å². The van der Waals surface area contributed by atoms with E-state index in [4.69, 9.17) is 9.47 Å². The maximum absolute atomic E-state index is 12.5. The van der Waals surface area contributed by atoms with Gasteiger partial charge in [-0.15, -0.1) is 0 Å². The number of hydrogen-bond acceptors (Lipinski definition) is 14. The van der Waals surface area contributed by atoms with Crippen molar-refractivity contribution in [1.29, 1.82) is 0 Å². The van der Waals surface area contributed by atoms with Crippen LogP contribution in [0.3, 0.4) is 0 Å². The van der Waals surface area contributed by atoms with Gasteiger partial charge in [0, 0.05) is 52.9 Å². The number of aryl methyl sites for hydroxylation is 1. The van der Waals surface area contributed by atoms with Crippen LogP contribution in [0.1, 0.15) is 64.2 Å². The molecule has 0 saturated heterocycles. The summed E-state index contributed by atoms with van der Waals surface area (Å²) in [5, 5.41) is 1.73. The molecule has 2 heterocycles. The molecule has 13 nitrogen and oxygen atoms in total. The number of fused-ring (bicyclic) bond motifs is 2. The standard InChI is InChI=1S/C47H47N3O10S4/c1-59-46(51)35-19-23-41-39(31-35)48(27-9-11-29-63(53,54)55)43(61-41)25-21-33-17-18-34(45(33)50(37-13-5-3-6-14-37)38-15-7-4-8-16-38)22-26-44-49(28-10-12-30-64(56,57)58)40-32-36(47(52)60-2)20-24-42(40)62-44/h3-8,13-16,19-26,31-32H,9-12,17-18,27-30H2,1-2H3,(H-,53,54,55,56,57,58)/p-1. The zero-order chi connectivity index (χ0) is 45.4. The first kappa shape index (κ1) is 46.4. The van der Waals surface area contributed by atoms with Gasteiger partial charge in [-0.05, 0) is 110 Å². The number of thiazole rings is 1. The van der Waals surface area contributed by atoms with Crippen molar-refractivity contribution in [2.75, 3.05) is 42.1 Å². The van der Waals surface area contributed by atoms with Crippen molar-refractivity contribution in [3.63, 3.8) is 0 Å². The van der Waals surface area contributed by atoms with Gasteiger partial charge in [0.05, 0.1) is 62.0 Å². The van der Waals surface area contributed by atoms with Gasteiger partial charge in [-0.25, -0.2) is 26.4 Å². The average molecular weight is 941 g/mol. The Balaban J connectivity index is 1.33. The molecule has 0 N–H and O–H groups in total. The molecule has 0 saturated carbocycles. The van der Waals surface area contributed by atoms with Crippen molar-refractivity contribution < 1.29 is 49.6 Å². The maximum Gasteiger partial charge on any atom is 0.338 e. The molecule has 0 radical (unpaired) electrons. The van der Waals surface area contributed by atoms with E-state index in [0.29, 0.717) is 49.9 Å². The Labute approximate surface area is 381 Å². The van der Waals surface area contributed by atoms with Gasteiger partial charge in [-0.1, -0.05) is 65.6 Å². The molecule has 0 amide bonds. The highest BCUT2D eigenvalue weighted by Gasteiger charge is 2.29. The SMILES string of the molecule is COC(=O)c1ccc2c(c1)N(CCCCS(=O)(=O)[O-])/C(=C/C=C1\CCC(/C=C/c3sc4ccc(C(=O)OC)cc4[n+]3CCCCS(=O)(=O)[O-])=C1N(c1ccccc1)c1ccccc1)S2. The Morgan fingerprint density at radius 3 is 1.98 bits per heavy atom. The fourth-order valence-electron chi connectivity index (χ4n) is 7.73. The van der Waals surface area contributed by atoms with Crippen LogP contribution >= 0.6 is 23.1 Å². The summed E-state index contributed by atoms with van der Waals surface area (Å²) in [6, 6.07) is 30.8. The molecule has 7 rings (SSSR count). The molecule has 5 aromatic rings. The Morgan fingerprint density at radius 2 is 1.36 bits per heavy atom. The minimum absolute atomic E-state index is 0.188. The molecule has 334 valence electrons. The molecule has 0 fully saturated rings. The summed E-state index contributed by atoms with van der Waals surface area (Å²) < 4.78 is 81.5. The van der Waals surface area contributed by atoms with E-state index in [1.165, 1.54) is 37.3 Å². The minimum Gasteiger partial charge on any atom is -0.748 e. The van der Waals surface area contributed by atoms with E-state index in [0.717, 1.165) is 59.1 Å². The monoisotopic (exact) mass is 940 g/mol. The summed E-state index contributed by atoms with van der Waals surface area (Å²) in [7, 11) is -6.10. The number of aromatic nitrogens is 1. The molecule has 2 aliphatic rings. The molecule has 1 aliphatic carbocycles. The molecule has 0 unspecified atom stereocenters. The Morgan fingerprint density at radius 1 is 0.750 bits per heavy atom. The molecule has 64 heavy (non-hydrogen) atoms. The lowest BCUT2D eigenvalue weighted by molar-refractivity contribution is -0.669. The number of anilines is 3. The van der Waals surface area contributed by atoms with Crippen LogP contribution in [0.4, 0.5) is 17.1 Å². The zero-order valence-electron chi connectivity index (χ0n) is 35.2. The average Bonchev–Trinajstić information content (AvgIpc) is 3.96. The normalized spacial score (nSPS) is 15.5. The van der Waals surface area contributed by atoms with Crippen LogP contribution in [-0.4, -0.2) is 70.1 Å². The fourth-order valence-corrected chi connectivity index (χ4v) is 11.0. The lowest BCUT2D eigenvalue weighted by Gasteiger charge is -2.28. The molecular weight excluding hydrogens is 895 g/mol. The van der Waals surface area contributed by atoms with Crippen LogP contribution < -0.4 is 14.4 Å². The number of unbranched alkanes of at least 4 members (excludes halogenated alkanes) is 2. The Hall–Kier alpha value is -5.56. The van der Waals surface area contributed by atoms with Gasteiger partial charge in [-0.2, -0.15) is 4.57 Å². The van der Waals surface area contributed by atoms with Gasteiger partial charge in [0.1, 0.15) is 4.70 Å². The van der Waals surface area contributed by atoms with Crippen LogP contribution in [0.15, 0.2) is 142 Å². The van der Waals surface area contributed by atoms with Gasteiger partial charge in [0.2, 0.25) is 5.52 Å². The Bertz CT molecular complexity index is 2850. The second-order valence-corrected chi connectivity index (χ2v) is 20.2. The predicted octanol–water partition coefficient (Wildman–Crippen LogP) is 8.69. The quantitative estimate of drug-likeness (QED) is 0.0353. The smallest absolute Gasteiger partial charge is 0.338 e. The number of para-hydroxylation sites is 2. The molecule has 17 heteroatoms. The van der Waals surface area contributed by atoms with E-state index >= 15 is 0 Å². The minimum atomic E-state index is -4.37. The number of nitrogens with zero attached hydrogens (tertiary/aromatic N) is 3. The second kappa shape index (κ2) is 20.5. The molecule has 0 atom stereocenters. The van der Waals surface area contributed by atoms with Gasteiger partial charge in [0.25, 0.3) is 5.01 Å². The van der Waals surface area contributed by atoms with E-state index in [2.05, 4.69) is 41.3 Å². The molecule has 0 spiro atoms. The van der Waals surface area contributed by atoms with Gasteiger partial charge < -0.3 is 28.4 Å². The number of carbonyl (C=O) groups is 2. The van der Waals surface area contributed by atoms with Crippen molar-refractivity contribution >= 4 is 88.6 Å². The lowest BCUT2D eigenvalue weighted by atomic mass is 10.1. The third kappa shape index (κ3) is 11.4. The summed E-state index contributed by atoms with van der Waals surface area (Å²) in [6.07, 6.45) is 10.9. The molecule has 1 aliphatic heterocycles. The summed E-state index contributed by atoms with van der Waals surface area (Å²) in [5.41, 5.74) is 7.31.